The van der Waals surface area contributed by atoms with Gasteiger partial charge in [0, 0.05) is 10.9 Å². The van der Waals surface area contributed by atoms with Crippen LogP contribution in [0.1, 0.15) is 31.9 Å². The standard InChI is InChI=1S/C32H31FN6/c1-3-20(16-21-12-14-34-15-13-21)17-22(4-2)28-18-26-29(19-35-28)38-39-31(26)32-36-27-7-5-6-25(30(27)37-32)23-8-10-24(33)11-9-23/h3-11,17-19,21,34H,1,12-16H2,2H3,(H,36,37)(H,38,39)/b20-17+,22-4+. The van der Waals surface area contributed by atoms with Crippen LogP contribution in [0.15, 0.2) is 85.1 Å². The highest BCUT2D eigenvalue weighted by atomic mass is 19.1. The summed E-state index contributed by atoms with van der Waals surface area (Å²) in [6.45, 7) is 8.28. The molecule has 0 radical (unpaired) electrons. The van der Waals surface area contributed by atoms with Crippen LogP contribution in [-0.4, -0.2) is 38.2 Å². The number of nitrogens with zero attached hydrogens (tertiary/aromatic N) is 3. The number of aromatic nitrogens is 5. The maximum absolute atomic E-state index is 13.5. The van der Waals surface area contributed by atoms with Crippen molar-refractivity contribution in [2.45, 2.75) is 26.2 Å². The Bertz CT molecular complexity index is 1700. The summed E-state index contributed by atoms with van der Waals surface area (Å²) in [7, 11) is 0. The lowest BCUT2D eigenvalue weighted by Gasteiger charge is -2.23. The third-order valence-electron chi connectivity index (χ3n) is 7.53. The minimum absolute atomic E-state index is 0.261. The number of rotatable bonds is 7. The maximum atomic E-state index is 13.5. The van der Waals surface area contributed by atoms with Crippen molar-refractivity contribution >= 4 is 27.5 Å². The summed E-state index contributed by atoms with van der Waals surface area (Å²) in [6.07, 6.45) is 11.5. The van der Waals surface area contributed by atoms with Crippen molar-refractivity contribution in [3.05, 3.63) is 96.6 Å². The molecule has 3 aromatic heterocycles. The van der Waals surface area contributed by atoms with Gasteiger partial charge in [0.25, 0.3) is 0 Å². The van der Waals surface area contributed by atoms with Gasteiger partial charge in [-0.05, 0) is 92.2 Å². The predicted molar refractivity (Wildman–Crippen MR) is 157 cm³/mol. The number of imidazole rings is 1. The summed E-state index contributed by atoms with van der Waals surface area (Å²) in [6, 6.07) is 14.5. The molecule has 7 heteroatoms. The first-order chi connectivity index (χ1) is 19.1. The highest BCUT2D eigenvalue weighted by Crippen LogP contribution is 2.33. The first-order valence-corrected chi connectivity index (χ1v) is 13.4. The monoisotopic (exact) mass is 518 g/mol. The Balaban J connectivity index is 1.36. The molecule has 0 unspecified atom stereocenters. The van der Waals surface area contributed by atoms with Gasteiger partial charge in [-0.15, -0.1) is 0 Å². The molecule has 4 heterocycles. The summed E-state index contributed by atoms with van der Waals surface area (Å²) >= 11 is 0. The number of hydrogen-bond acceptors (Lipinski definition) is 4. The zero-order chi connectivity index (χ0) is 26.8. The fourth-order valence-electron chi connectivity index (χ4n) is 5.39. The first kappa shape index (κ1) is 24.9. The van der Waals surface area contributed by atoms with Crippen molar-refractivity contribution in [3.8, 4) is 22.6 Å². The van der Waals surface area contributed by atoms with Crippen LogP contribution >= 0.6 is 0 Å². The second kappa shape index (κ2) is 10.8. The lowest BCUT2D eigenvalue weighted by Crippen LogP contribution is -2.27. The van der Waals surface area contributed by atoms with E-state index in [1.165, 1.54) is 30.5 Å². The Hall–Kier alpha value is -4.36. The van der Waals surface area contributed by atoms with E-state index in [1.807, 2.05) is 37.4 Å². The highest BCUT2D eigenvalue weighted by molar-refractivity contribution is 5.97. The van der Waals surface area contributed by atoms with Gasteiger partial charge >= 0.3 is 0 Å². The van der Waals surface area contributed by atoms with Gasteiger partial charge in [-0.1, -0.05) is 43.0 Å². The number of pyridine rings is 1. The SMILES string of the molecule is C=C/C(=C\C(=C/C)c1cc2c(-c3nc4c(-c5ccc(F)cc5)cccc4[nH]3)n[nH]c2cn1)CC1CCNCC1. The van der Waals surface area contributed by atoms with Gasteiger partial charge in [-0.2, -0.15) is 5.10 Å². The van der Waals surface area contributed by atoms with Crippen LogP contribution in [0.25, 0.3) is 50.2 Å². The van der Waals surface area contributed by atoms with E-state index in [-0.39, 0.29) is 5.82 Å². The van der Waals surface area contributed by atoms with E-state index in [2.05, 4.69) is 45.3 Å². The Morgan fingerprint density at radius 3 is 2.69 bits per heavy atom. The lowest BCUT2D eigenvalue weighted by molar-refractivity contribution is 0.374. The van der Waals surface area contributed by atoms with E-state index in [0.29, 0.717) is 11.7 Å². The van der Waals surface area contributed by atoms with Gasteiger partial charge < -0.3 is 10.3 Å². The summed E-state index contributed by atoms with van der Waals surface area (Å²) < 4.78 is 13.5. The predicted octanol–water partition coefficient (Wildman–Crippen LogP) is 7.21. The average molecular weight is 519 g/mol. The largest absolute Gasteiger partial charge is 0.337 e. The molecule has 0 amide bonds. The minimum atomic E-state index is -0.261. The number of aromatic amines is 2. The average Bonchev–Trinajstić information content (AvgIpc) is 3.60. The van der Waals surface area contributed by atoms with E-state index < -0.39 is 0 Å². The number of fused-ring (bicyclic) bond motifs is 2. The van der Waals surface area contributed by atoms with Gasteiger partial charge in [0.05, 0.1) is 28.4 Å². The molecule has 0 bridgehead atoms. The molecule has 1 saturated heterocycles. The molecule has 0 saturated carbocycles. The molecule has 5 aromatic rings. The van der Waals surface area contributed by atoms with Crippen molar-refractivity contribution in [1.82, 2.24) is 30.5 Å². The minimum Gasteiger partial charge on any atom is -0.337 e. The van der Waals surface area contributed by atoms with E-state index in [1.54, 1.807) is 12.1 Å². The molecular weight excluding hydrogens is 487 g/mol. The molecular formula is C32H31FN6. The Kier molecular flexibility index (Phi) is 6.90. The van der Waals surface area contributed by atoms with Crippen LogP contribution in [-0.2, 0) is 0 Å². The molecule has 2 aromatic carbocycles. The Morgan fingerprint density at radius 1 is 1.10 bits per heavy atom. The smallest absolute Gasteiger partial charge is 0.159 e. The van der Waals surface area contributed by atoms with E-state index in [0.717, 1.165) is 69.5 Å². The number of H-pyrrole nitrogens is 2. The van der Waals surface area contributed by atoms with Crippen molar-refractivity contribution in [2.75, 3.05) is 13.1 Å². The normalized spacial score (nSPS) is 15.3. The van der Waals surface area contributed by atoms with Gasteiger partial charge in [0.2, 0.25) is 0 Å². The molecule has 39 heavy (non-hydrogen) atoms. The number of allylic oxidation sites excluding steroid dienone is 5. The fourth-order valence-corrected chi connectivity index (χ4v) is 5.39. The molecule has 6 nitrogen and oxygen atoms in total. The molecule has 6 rings (SSSR count). The summed E-state index contributed by atoms with van der Waals surface area (Å²) in [5, 5.41) is 12.1. The molecule has 0 aliphatic carbocycles. The zero-order valence-electron chi connectivity index (χ0n) is 22.0. The summed E-state index contributed by atoms with van der Waals surface area (Å²) in [5.41, 5.74) is 8.28. The number of benzene rings is 2. The van der Waals surface area contributed by atoms with Crippen LogP contribution in [0, 0.1) is 11.7 Å². The molecule has 196 valence electrons. The third-order valence-corrected chi connectivity index (χ3v) is 7.53. The topological polar surface area (TPSA) is 82.3 Å². The molecule has 3 N–H and O–H groups in total. The second-order valence-corrected chi connectivity index (χ2v) is 10.0. The number of halogens is 1. The Morgan fingerprint density at radius 2 is 1.92 bits per heavy atom. The number of para-hydroxylation sites is 1. The molecule has 1 fully saturated rings. The van der Waals surface area contributed by atoms with Crippen molar-refractivity contribution in [1.29, 1.82) is 0 Å². The highest BCUT2D eigenvalue weighted by Gasteiger charge is 2.17. The molecule has 1 aliphatic heterocycles. The number of hydrogen-bond donors (Lipinski definition) is 3. The second-order valence-electron chi connectivity index (χ2n) is 10.0. The van der Waals surface area contributed by atoms with Crippen LogP contribution < -0.4 is 5.32 Å². The van der Waals surface area contributed by atoms with Crippen molar-refractivity contribution in [2.24, 2.45) is 5.92 Å². The quantitative estimate of drug-likeness (QED) is 0.199. The zero-order valence-corrected chi connectivity index (χ0v) is 22.0. The van der Waals surface area contributed by atoms with Crippen LogP contribution in [0.5, 0.6) is 0 Å². The molecule has 0 atom stereocenters. The third kappa shape index (κ3) is 5.05. The van der Waals surface area contributed by atoms with Gasteiger partial charge in [-0.3, -0.25) is 10.1 Å². The van der Waals surface area contributed by atoms with Crippen molar-refractivity contribution in [3.63, 3.8) is 0 Å². The van der Waals surface area contributed by atoms with Gasteiger partial charge in [-0.25, -0.2) is 9.37 Å². The Labute approximate surface area is 226 Å². The van der Waals surface area contributed by atoms with Gasteiger partial charge in [0.15, 0.2) is 5.82 Å². The van der Waals surface area contributed by atoms with E-state index in [4.69, 9.17) is 9.97 Å². The van der Waals surface area contributed by atoms with Crippen LogP contribution in [0.4, 0.5) is 4.39 Å². The molecule has 0 spiro atoms. The lowest BCUT2D eigenvalue weighted by atomic mass is 9.90. The van der Waals surface area contributed by atoms with Crippen LogP contribution in [0.2, 0.25) is 0 Å². The maximum Gasteiger partial charge on any atom is 0.159 e. The van der Waals surface area contributed by atoms with Crippen molar-refractivity contribution < 1.29 is 4.39 Å². The summed E-state index contributed by atoms with van der Waals surface area (Å²) in [5.74, 6) is 1.08. The fraction of sp³-hybridized carbons (Fsp3) is 0.219. The summed E-state index contributed by atoms with van der Waals surface area (Å²) in [4.78, 5) is 13.1. The molecule has 1 aliphatic rings. The van der Waals surface area contributed by atoms with E-state index >= 15 is 0 Å². The first-order valence-electron chi connectivity index (χ1n) is 13.4. The number of nitrogens with one attached hydrogen (secondary N) is 3. The van der Waals surface area contributed by atoms with E-state index in [9.17, 15) is 4.39 Å². The van der Waals surface area contributed by atoms with Crippen LogP contribution in [0.3, 0.4) is 0 Å². The number of piperidine rings is 1. The van der Waals surface area contributed by atoms with Gasteiger partial charge in [0.1, 0.15) is 11.5 Å².